The number of fused-ring (bicyclic) bond motifs is 1. The maximum Gasteiger partial charge on any atom is 0.356 e. The summed E-state index contributed by atoms with van der Waals surface area (Å²) in [4.78, 5) is 11.0. The predicted molar refractivity (Wildman–Crippen MR) is 76.0 cm³/mol. The molecule has 21 heavy (non-hydrogen) atoms. The van der Waals surface area contributed by atoms with Gasteiger partial charge >= 0.3 is 5.97 Å². The average molecular weight is 355 g/mol. The lowest BCUT2D eigenvalue weighted by Gasteiger charge is -2.12. The number of carbonyl (C=O) groups is 1. The first-order valence-corrected chi connectivity index (χ1v) is 6.76. The van der Waals surface area contributed by atoms with Gasteiger partial charge in [-0.05, 0) is 28.1 Å². The van der Waals surface area contributed by atoms with E-state index in [1.165, 1.54) is 17.9 Å². The highest BCUT2D eigenvalue weighted by molar-refractivity contribution is 9.10. The molecule has 0 aliphatic carbocycles. The number of aromatic nitrogens is 2. The normalized spacial score (nSPS) is 12.5. The van der Waals surface area contributed by atoms with Crippen molar-refractivity contribution in [2.45, 2.75) is 0 Å². The van der Waals surface area contributed by atoms with Crippen LogP contribution in [-0.4, -0.2) is 34.8 Å². The molecule has 2 heterocycles. The topological polar surface area (TPSA) is 82.8 Å². The van der Waals surface area contributed by atoms with Gasteiger partial charge in [-0.15, -0.1) is 0 Å². The van der Waals surface area contributed by atoms with Crippen LogP contribution in [0.5, 0.6) is 17.2 Å². The zero-order valence-corrected chi connectivity index (χ0v) is 12.8. The fourth-order valence-corrected chi connectivity index (χ4v) is 2.88. The minimum atomic E-state index is -1.09. The van der Waals surface area contributed by atoms with Gasteiger partial charge in [0, 0.05) is 12.6 Å². The second-order valence-electron chi connectivity index (χ2n) is 4.35. The van der Waals surface area contributed by atoms with Crippen molar-refractivity contribution in [2.75, 3.05) is 13.9 Å². The van der Waals surface area contributed by atoms with Crippen molar-refractivity contribution in [3.8, 4) is 28.5 Å². The third kappa shape index (κ3) is 2.11. The maximum absolute atomic E-state index is 11.0. The number of aryl methyl sites for hydroxylation is 1. The van der Waals surface area contributed by atoms with Gasteiger partial charge in [0.15, 0.2) is 17.2 Å². The Labute approximate surface area is 128 Å². The molecule has 1 aromatic carbocycles. The van der Waals surface area contributed by atoms with E-state index in [1.54, 1.807) is 13.1 Å². The average Bonchev–Trinajstić information content (AvgIpc) is 3.05. The Morgan fingerprint density at radius 3 is 2.86 bits per heavy atom. The standard InChI is InChI=1S/C13H11BrN2O5/c1-16-8(4-7(15-16)13(17)18)6-3-9-12(21-5-20-9)10(14)11(6)19-2/h3-4H,5H2,1-2H3,(H,17,18). The van der Waals surface area contributed by atoms with Gasteiger partial charge in [0.1, 0.15) is 10.2 Å². The van der Waals surface area contributed by atoms with Crippen LogP contribution in [0.15, 0.2) is 16.6 Å². The fourth-order valence-electron chi connectivity index (χ4n) is 2.20. The molecule has 0 radical (unpaired) electrons. The van der Waals surface area contributed by atoms with Crippen LogP contribution >= 0.6 is 15.9 Å². The number of benzene rings is 1. The number of halogens is 1. The van der Waals surface area contributed by atoms with Gasteiger partial charge in [0.2, 0.25) is 6.79 Å². The highest BCUT2D eigenvalue weighted by Crippen LogP contribution is 2.49. The van der Waals surface area contributed by atoms with E-state index in [0.29, 0.717) is 33.0 Å². The highest BCUT2D eigenvalue weighted by Gasteiger charge is 2.26. The Morgan fingerprint density at radius 1 is 1.48 bits per heavy atom. The number of nitrogens with zero attached hydrogens (tertiary/aromatic N) is 2. The van der Waals surface area contributed by atoms with Crippen molar-refractivity contribution in [1.29, 1.82) is 0 Å². The van der Waals surface area contributed by atoms with E-state index in [0.717, 1.165) is 0 Å². The summed E-state index contributed by atoms with van der Waals surface area (Å²) < 4.78 is 18.3. The van der Waals surface area contributed by atoms with Gasteiger partial charge in [0.25, 0.3) is 0 Å². The summed E-state index contributed by atoms with van der Waals surface area (Å²) in [5.74, 6) is 0.571. The first-order valence-electron chi connectivity index (χ1n) is 5.96. The first kappa shape index (κ1) is 13.7. The van der Waals surface area contributed by atoms with E-state index in [2.05, 4.69) is 21.0 Å². The van der Waals surface area contributed by atoms with Gasteiger partial charge < -0.3 is 19.3 Å². The number of hydrogen-bond acceptors (Lipinski definition) is 5. The number of carboxylic acids is 1. The van der Waals surface area contributed by atoms with Crippen molar-refractivity contribution in [3.05, 3.63) is 22.3 Å². The molecule has 1 aliphatic heterocycles. The number of rotatable bonds is 3. The van der Waals surface area contributed by atoms with Crippen LogP contribution < -0.4 is 14.2 Å². The van der Waals surface area contributed by atoms with Crippen LogP contribution in [0.4, 0.5) is 0 Å². The van der Waals surface area contributed by atoms with Crippen molar-refractivity contribution in [2.24, 2.45) is 7.05 Å². The third-order valence-electron chi connectivity index (χ3n) is 3.14. The number of hydrogen-bond donors (Lipinski definition) is 1. The molecule has 0 saturated heterocycles. The molecule has 1 aliphatic rings. The molecule has 0 saturated carbocycles. The summed E-state index contributed by atoms with van der Waals surface area (Å²) in [6.07, 6.45) is 0. The molecule has 0 unspecified atom stereocenters. The van der Waals surface area contributed by atoms with Crippen molar-refractivity contribution >= 4 is 21.9 Å². The zero-order valence-electron chi connectivity index (χ0n) is 11.2. The first-order chi connectivity index (χ1) is 10.0. The molecule has 8 heteroatoms. The Kier molecular flexibility index (Phi) is 3.25. The second kappa shape index (κ2) is 4.96. The summed E-state index contributed by atoms with van der Waals surface area (Å²) in [7, 11) is 3.19. The lowest BCUT2D eigenvalue weighted by molar-refractivity contribution is 0.0689. The summed E-state index contributed by atoms with van der Waals surface area (Å²) >= 11 is 3.42. The molecule has 1 aromatic heterocycles. The summed E-state index contributed by atoms with van der Waals surface area (Å²) in [6, 6.07) is 3.23. The van der Waals surface area contributed by atoms with Gasteiger partial charge in [-0.3, -0.25) is 4.68 Å². The molecule has 0 bridgehead atoms. The van der Waals surface area contributed by atoms with Gasteiger partial charge in [-0.25, -0.2) is 4.79 Å². The van der Waals surface area contributed by atoms with Crippen LogP contribution in [-0.2, 0) is 7.05 Å². The molecule has 0 amide bonds. The minimum absolute atomic E-state index is 0.0386. The largest absolute Gasteiger partial charge is 0.495 e. The summed E-state index contributed by atoms with van der Waals surface area (Å²) in [5.41, 5.74) is 1.22. The monoisotopic (exact) mass is 354 g/mol. The van der Waals surface area contributed by atoms with E-state index in [9.17, 15) is 4.79 Å². The molecule has 7 nitrogen and oxygen atoms in total. The van der Waals surface area contributed by atoms with Crippen molar-refractivity contribution < 1.29 is 24.1 Å². The molecule has 1 N–H and O–H groups in total. The van der Waals surface area contributed by atoms with E-state index >= 15 is 0 Å². The molecule has 110 valence electrons. The van der Waals surface area contributed by atoms with Crippen molar-refractivity contribution in [3.63, 3.8) is 0 Å². The number of ether oxygens (including phenoxy) is 3. The number of carboxylic acid groups (broad SMARTS) is 1. The molecule has 3 rings (SSSR count). The highest BCUT2D eigenvalue weighted by atomic mass is 79.9. The van der Waals surface area contributed by atoms with E-state index in [4.69, 9.17) is 19.3 Å². The Morgan fingerprint density at radius 2 is 2.24 bits per heavy atom. The Balaban J connectivity index is 2.23. The smallest absolute Gasteiger partial charge is 0.356 e. The summed E-state index contributed by atoms with van der Waals surface area (Å²) in [5, 5.41) is 13.0. The fraction of sp³-hybridized carbons (Fsp3) is 0.231. The molecule has 0 fully saturated rings. The third-order valence-corrected chi connectivity index (χ3v) is 3.86. The van der Waals surface area contributed by atoms with E-state index < -0.39 is 5.97 Å². The van der Waals surface area contributed by atoms with Crippen LogP contribution in [0.2, 0.25) is 0 Å². The quantitative estimate of drug-likeness (QED) is 0.910. The molecular weight excluding hydrogens is 344 g/mol. The van der Waals surface area contributed by atoms with Crippen LogP contribution in [0.1, 0.15) is 10.5 Å². The van der Waals surface area contributed by atoms with Gasteiger partial charge in [-0.1, -0.05) is 0 Å². The number of methoxy groups -OCH3 is 1. The van der Waals surface area contributed by atoms with E-state index in [-0.39, 0.29) is 12.5 Å². The van der Waals surface area contributed by atoms with Crippen LogP contribution in [0.3, 0.4) is 0 Å². The SMILES string of the molecule is COc1c(-c2cc(C(=O)O)nn2C)cc2c(c1Br)OCO2. The predicted octanol–water partition coefficient (Wildman–Crippen LogP) is 2.29. The zero-order chi connectivity index (χ0) is 15.1. The van der Waals surface area contributed by atoms with E-state index in [1.807, 2.05) is 0 Å². The van der Waals surface area contributed by atoms with Crippen molar-refractivity contribution in [1.82, 2.24) is 9.78 Å². The summed E-state index contributed by atoms with van der Waals surface area (Å²) in [6.45, 7) is 0.131. The molecule has 0 spiro atoms. The van der Waals surface area contributed by atoms with Gasteiger partial charge in [0.05, 0.1) is 12.8 Å². The molecule has 2 aromatic rings. The second-order valence-corrected chi connectivity index (χ2v) is 5.14. The number of aromatic carboxylic acids is 1. The van der Waals surface area contributed by atoms with Crippen LogP contribution in [0, 0.1) is 0 Å². The molecular formula is C13H11BrN2O5. The van der Waals surface area contributed by atoms with Crippen LogP contribution in [0.25, 0.3) is 11.3 Å². The maximum atomic E-state index is 11.0. The Bertz CT molecular complexity index is 741. The lowest BCUT2D eigenvalue weighted by atomic mass is 10.1. The Hall–Kier alpha value is -2.22. The van der Waals surface area contributed by atoms with Gasteiger partial charge in [-0.2, -0.15) is 5.10 Å². The molecule has 0 atom stereocenters. The minimum Gasteiger partial charge on any atom is -0.495 e. The lowest BCUT2D eigenvalue weighted by Crippen LogP contribution is -2.00.